The van der Waals surface area contributed by atoms with Crippen molar-refractivity contribution in [3.8, 4) is 11.3 Å². The Hall–Kier alpha value is -2.24. The van der Waals surface area contributed by atoms with Gasteiger partial charge in [0, 0.05) is 11.6 Å². The van der Waals surface area contributed by atoms with Gasteiger partial charge in [-0.05, 0) is 19.1 Å². The summed E-state index contributed by atoms with van der Waals surface area (Å²) in [7, 11) is 0. The molecule has 1 aromatic carbocycles. The lowest BCUT2D eigenvalue weighted by atomic mass is 10.1. The third-order valence-corrected chi connectivity index (χ3v) is 2.22. The summed E-state index contributed by atoms with van der Waals surface area (Å²) in [5.41, 5.74) is -0.298. The number of nitrogens with one attached hydrogen (secondary N) is 1. The van der Waals surface area contributed by atoms with E-state index in [1.807, 2.05) is 0 Å². The molecular formula is C11H8F2N2O2. The topological polar surface area (TPSA) is 66.0 Å². The molecule has 88 valence electrons. The molecule has 1 heterocycles. The minimum Gasteiger partial charge on any atom is -0.477 e. The number of carbonyl (C=O) groups is 1. The summed E-state index contributed by atoms with van der Waals surface area (Å²) in [6.45, 7) is 1.55. The monoisotopic (exact) mass is 238 g/mol. The molecule has 4 nitrogen and oxygen atoms in total. The lowest BCUT2D eigenvalue weighted by molar-refractivity contribution is 0.0692. The zero-order chi connectivity index (χ0) is 12.6. The van der Waals surface area contributed by atoms with Crippen molar-refractivity contribution in [2.45, 2.75) is 6.92 Å². The Morgan fingerprint density at radius 2 is 2.12 bits per heavy atom. The van der Waals surface area contributed by atoms with Crippen molar-refractivity contribution in [3.05, 3.63) is 41.4 Å². The number of hydrogen-bond acceptors (Lipinski definition) is 2. The van der Waals surface area contributed by atoms with E-state index in [0.717, 1.165) is 12.1 Å². The van der Waals surface area contributed by atoms with Crippen LogP contribution in [0.1, 0.15) is 16.3 Å². The van der Waals surface area contributed by atoms with Crippen molar-refractivity contribution < 1.29 is 18.7 Å². The largest absolute Gasteiger partial charge is 0.477 e. The quantitative estimate of drug-likeness (QED) is 0.844. The molecule has 0 amide bonds. The Balaban J connectivity index is 2.63. The summed E-state index contributed by atoms with van der Waals surface area (Å²) < 4.78 is 26.2. The fraction of sp³-hybridized carbons (Fsp3) is 0.0909. The number of H-pyrrole nitrogens is 1. The summed E-state index contributed by atoms with van der Waals surface area (Å²) >= 11 is 0. The maximum absolute atomic E-state index is 13.5. The van der Waals surface area contributed by atoms with E-state index in [9.17, 15) is 13.6 Å². The van der Waals surface area contributed by atoms with Crippen molar-refractivity contribution in [1.82, 2.24) is 9.97 Å². The summed E-state index contributed by atoms with van der Waals surface area (Å²) in [6, 6.07) is 2.89. The first-order valence-electron chi connectivity index (χ1n) is 4.74. The number of imidazole rings is 1. The summed E-state index contributed by atoms with van der Waals surface area (Å²) in [4.78, 5) is 17.3. The van der Waals surface area contributed by atoms with Gasteiger partial charge in [-0.2, -0.15) is 0 Å². The molecule has 2 N–H and O–H groups in total. The van der Waals surface area contributed by atoms with Crippen molar-refractivity contribution in [2.75, 3.05) is 0 Å². The number of aromatic nitrogens is 2. The van der Waals surface area contributed by atoms with Crippen molar-refractivity contribution in [1.29, 1.82) is 0 Å². The first-order chi connectivity index (χ1) is 7.99. The number of carboxylic acids is 1. The van der Waals surface area contributed by atoms with E-state index >= 15 is 0 Å². The number of aryl methyl sites for hydroxylation is 1. The summed E-state index contributed by atoms with van der Waals surface area (Å²) in [5, 5.41) is 8.92. The van der Waals surface area contributed by atoms with E-state index in [1.54, 1.807) is 6.92 Å². The van der Waals surface area contributed by atoms with Gasteiger partial charge >= 0.3 is 5.97 Å². The lowest BCUT2D eigenvalue weighted by Crippen LogP contribution is -2.00. The fourth-order valence-corrected chi connectivity index (χ4v) is 1.52. The van der Waals surface area contributed by atoms with Crippen LogP contribution < -0.4 is 0 Å². The van der Waals surface area contributed by atoms with Crippen LogP contribution in [-0.4, -0.2) is 21.0 Å². The van der Waals surface area contributed by atoms with Gasteiger partial charge in [0.15, 0.2) is 5.69 Å². The molecule has 0 bridgehead atoms. The van der Waals surface area contributed by atoms with Crippen LogP contribution in [-0.2, 0) is 0 Å². The molecule has 6 heteroatoms. The van der Waals surface area contributed by atoms with E-state index in [1.165, 1.54) is 0 Å². The molecule has 0 fully saturated rings. The second-order valence-electron chi connectivity index (χ2n) is 3.48. The molecule has 0 aliphatic carbocycles. The van der Waals surface area contributed by atoms with E-state index in [2.05, 4.69) is 9.97 Å². The zero-order valence-corrected chi connectivity index (χ0v) is 8.79. The van der Waals surface area contributed by atoms with Gasteiger partial charge in [-0.25, -0.2) is 18.6 Å². The normalized spacial score (nSPS) is 10.5. The molecule has 0 unspecified atom stereocenters. The minimum atomic E-state index is -1.25. The van der Waals surface area contributed by atoms with Crippen LogP contribution in [0.25, 0.3) is 11.3 Å². The lowest BCUT2D eigenvalue weighted by Gasteiger charge is -2.01. The maximum Gasteiger partial charge on any atom is 0.354 e. The highest BCUT2D eigenvalue weighted by Gasteiger charge is 2.19. The van der Waals surface area contributed by atoms with Crippen LogP contribution in [0.5, 0.6) is 0 Å². The number of carboxylic acid groups (broad SMARTS) is 1. The molecule has 0 spiro atoms. The molecule has 0 radical (unpaired) electrons. The van der Waals surface area contributed by atoms with Gasteiger partial charge in [-0.1, -0.05) is 0 Å². The third-order valence-electron chi connectivity index (χ3n) is 2.22. The fourth-order valence-electron chi connectivity index (χ4n) is 1.52. The molecule has 0 saturated carbocycles. The van der Waals surface area contributed by atoms with Crippen LogP contribution in [0.2, 0.25) is 0 Å². The van der Waals surface area contributed by atoms with Gasteiger partial charge in [-0.3, -0.25) is 0 Å². The molecular weight excluding hydrogens is 230 g/mol. The molecule has 2 rings (SSSR count). The van der Waals surface area contributed by atoms with Gasteiger partial charge in [0.05, 0.1) is 0 Å². The number of halogens is 2. The molecule has 0 saturated heterocycles. The smallest absolute Gasteiger partial charge is 0.354 e. The van der Waals surface area contributed by atoms with Crippen LogP contribution in [0.15, 0.2) is 18.2 Å². The van der Waals surface area contributed by atoms with Crippen molar-refractivity contribution in [3.63, 3.8) is 0 Å². The van der Waals surface area contributed by atoms with Gasteiger partial charge in [0.1, 0.15) is 23.2 Å². The Morgan fingerprint density at radius 3 is 2.71 bits per heavy atom. The van der Waals surface area contributed by atoms with Crippen LogP contribution in [0.4, 0.5) is 8.78 Å². The highest BCUT2D eigenvalue weighted by Crippen LogP contribution is 2.25. The van der Waals surface area contributed by atoms with Gasteiger partial charge in [0.2, 0.25) is 0 Å². The Morgan fingerprint density at radius 1 is 1.41 bits per heavy atom. The number of benzene rings is 1. The average Bonchev–Trinajstić information content (AvgIpc) is 2.60. The molecule has 2 aromatic rings. The zero-order valence-electron chi connectivity index (χ0n) is 8.79. The predicted molar refractivity (Wildman–Crippen MR) is 55.6 cm³/mol. The van der Waals surface area contributed by atoms with Crippen LogP contribution in [0.3, 0.4) is 0 Å². The summed E-state index contributed by atoms with van der Waals surface area (Å²) in [5.74, 6) is -2.47. The Labute approximate surface area is 94.9 Å². The minimum absolute atomic E-state index is 0.0347. The van der Waals surface area contributed by atoms with Crippen LogP contribution >= 0.6 is 0 Å². The second kappa shape index (κ2) is 3.97. The first kappa shape index (κ1) is 11.3. The molecule has 17 heavy (non-hydrogen) atoms. The molecule has 0 atom stereocenters. The van der Waals surface area contributed by atoms with Crippen molar-refractivity contribution in [2.24, 2.45) is 0 Å². The first-order valence-corrected chi connectivity index (χ1v) is 4.74. The van der Waals surface area contributed by atoms with E-state index in [0.29, 0.717) is 11.9 Å². The predicted octanol–water partition coefficient (Wildman–Crippen LogP) is 2.36. The maximum atomic E-state index is 13.5. The average molecular weight is 238 g/mol. The van der Waals surface area contributed by atoms with Gasteiger partial charge in [-0.15, -0.1) is 0 Å². The molecule has 0 aliphatic heterocycles. The number of nitrogens with zero attached hydrogens (tertiary/aromatic N) is 1. The Bertz CT molecular complexity index is 593. The number of aromatic amines is 1. The SMILES string of the molecule is Cc1nc(-c2ccc(F)cc2F)c(C(=O)O)[nH]1. The summed E-state index contributed by atoms with van der Waals surface area (Å²) in [6.07, 6.45) is 0. The highest BCUT2D eigenvalue weighted by molar-refractivity contribution is 5.93. The second-order valence-corrected chi connectivity index (χ2v) is 3.48. The standard InChI is InChI=1S/C11H8F2N2O2/c1-5-14-9(10(15-5)11(16)17)7-3-2-6(12)4-8(7)13/h2-4H,1H3,(H,14,15)(H,16,17). The number of aromatic carboxylic acids is 1. The number of hydrogen-bond donors (Lipinski definition) is 2. The van der Waals surface area contributed by atoms with E-state index in [-0.39, 0.29) is 17.0 Å². The molecule has 0 aliphatic rings. The van der Waals surface area contributed by atoms with Crippen molar-refractivity contribution >= 4 is 5.97 Å². The van der Waals surface area contributed by atoms with E-state index < -0.39 is 17.6 Å². The van der Waals surface area contributed by atoms with Gasteiger partial charge in [0.25, 0.3) is 0 Å². The molecule has 1 aromatic heterocycles. The third kappa shape index (κ3) is 2.01. The number of rotatable bonds is 2. The van der Waals surface area contributed by atoms with Crippen LogP contribution in [0, 0.1) is 18.6 Å². The van der Waals surface area contributed by atoms with E-state index in [4.69, 9.17) is 5.11 Å². The van der Waals surface area contributed by atoms with Gasteiger partial charge < -0.3 is 10.1 Å². The Kier molecular flexibility index (Phi) is 2.63. The highest BCUT2D eigenvalue weighted by atomic mass is 19.1.